The van der Waals surface area contributed by atoms with E-state index >= 15 is 0 Å². The standard InChI is InChI=1S/C4H10O.FH.Na/c1-4(2,3)5;;/h5H,1-3H3;1H;/q;;+1/p-1. The van der Waals surface area contributed by atoms with Crippen LogP contribution in [0.15, 0.2) is 0 Å². The molecule has 0 unspecified atom stereocenters. The van der Waals surface area contributed by atoms with Crippen LogP contribution in [0.2, 0.25) is 0 Å². The SMILES string of the molecule is CC(C)(C)O.[F-].[Na+]. The molecule has 0 bridgehead atoms. The maximum Gasteiger partial charge on any atom is 1.00 e. The summed E-state index contributed by atoms with van der Waals surface area (Å²) in [5.74, 6) is 0. The molecule has 0 spiro atoms. The van der Waals surface area contributed by atoms with Crippen molar-refractivity contribution in [3.05, 3.63) is 0 Å². The Bertz CT molecular complexity index is 27.2. The molecule has 0 saturated carbocycles. The summed E-state index contributed by atoms with van der Waals surface area (Å²) in [6, 6.07) is 0. The van der Waals surface area contributed by atoms with Gasteiger partial charge in [-0.2, -0.15) is 0 Å². The molecule has 1 N–H and O–H groups in total. The third-order valence-corrected chi connectivity index (χ3v) is 0. The fraction of sp³-hybridized carbons (Fsp3) is 1.00. The Morgan fingerprint density at radius 2 is 1.14 bits per heavy atom. The van der Waals surface area contributed by atoms with Gasteiger partial charge in [0, 0.05) is 0 Å². The summed E-state index contributed by atoms with van der Waals surface area (Å²) < 4.78 is 0. The van der Waals surface area contributed by atoms with Gasteiger partial charge in [-0.3, -0.25) is 0 Å². The molecule has 0 aliphatic rings. The Kier molecular flexibility index (Phi) is 11.3. The van der Waals surface area contributed by atoms with Crippen LogP contribution in [0.1, 0.15) is 20.8 Å². The van der Waals surface area contributed by atoms with E-state index in [9.17, 15) is 0 Å². The molecule has 0 fully saturated rings. The van der Waals surface area contributed by atoms with Crippen LogP contribution in [0.4, 0.5) is 0 Å². The van der Waals surface area contributed by atoms with Gasteiger partial charge in [-0.05, 0) is 20.8 Å². The normalized spacial score (nSPS) is 8.57. The molecule has 0 aromatic rings. The van der Waals surface area contributed by atoms with Crippen molar-refractivity contribution in [1.82, 2.24) is 0 Å². The topological polar surface area (TPSA) is 20.2 Å². The predicted octanol–water partition coefficient (Wildman–Crippen LogP) is -5.21. The summed E-state index contributed by atoms with van der Waals surface area (Å²) in [6.07, 6.45) is 0. The van der Waals surface area contributed by atoms with Crippen molar-refractivity contribution in [3.8, 4) is 0 Å². The van der Waals surface area contributed by atoms with Crippen LogP contribution in [0.25, 0.3) is 0 Å². The van der Waals surface area contributed by atoms with Gasteiger partial charge in [0.25, 0.3) is 0 Å². The third kappa shape index (κ3) is 208. The van der Waals surface area contributed by atoms with Crippen LogP contribution in [0, 0.1) is 0 Å². The number of rotatable bonds is 0. The summed E-state index contributed by atoms with van der Waals surface area (Å²) in [6.45, 7) is 5.23. The number of hydrogen-bond acceptors (Lipinski definition) is 1. The third-order valence-electron chi connectivity index (χ3n) is 0. The van der Waals surface area contributed by atoms with Gasteiger partial charge in [0.15, 0.2) is 0 Å². The van der Waals surface area contributed by atoms with Crippen molar-refractivity contribution in [2.75, 3.05) is 0 Å². The maximum atomic E-state index is 8.52. The molecule has 0 aliphatic carbocycles. The van der Waals surface area contributed by atoms with E-state index in [1.54, 1.807) is 20.8 Å². The summed E-state index contributed by atoms with van der Waals surface area (Å²) >= 11 is 0. The monoisotopic (exact) mass is 116 g/mol. The van der Waals surface area contributed by atoms with Crippen molar-refractivity contribution in [1.29, 1.82) is 0 Å². The van der Waals surface area contributed by atoms with Gasteiger partial charge in [-0.15, -0.1) is 0 Å². The van der Waals surface area contributed by atoms with Gasteiger partial charge in [0.05, 0.1) is 5.60 Å². The van der Waals surface area contributed by atoms with Crippen LogP contribution in [-0.2, 0) is 0 Å². The zero-order valence-electron chi connectivity index (χ0n) is 5.33. The average Bonchev–Trinajstić information content (AvgIpc) is 0.722. The molecular formula is C4H10FNaO. The second-order valence-corrected chi connectivity index (χ2v) is 2.17. The van der Waals surface area contributed by atoms with Crippen molar-refractivity contribution in [3.63, 3.8) is 0 Å². The quantitative estimate of drug-likeness (QED) is 0.314. The second kappa shape index (κ2) is 5.04. The maximum absolute atomic E-state index is 8.52. The zero-order valence-corrected chi connectivity index (χ0v) is 7.33. The van der Waals surface area contributed by atoms with E-state index in [0.29, 0.717) is 0 Å². The average molecular weight is 116 g/mol. The Balaban J connectivity index is -0.0000000800. The largest absolute Gasteiger partial charge is 1.00 e. The Morgan fingerprint density at radius 1 is 1.14 bits per heavy atom. The minimum absolute atomic E-state index is 0. The second-order valence-electron chi connectivity index (χ2n) is 2.17. The van der Waals surface area contributed by atoms with Crippen molar-refractivity contribution in [2.24, 2.45) is 0 Å². The van der Waals surface area contributed by atoms with E-state index < -0.39 is 5.60 Å². The first-order valence-electron chi connectivity index (χ1n) is 1.72. The molecule has 0 radical (unpaired) electrons. The van der Waals surface area contributed by atoms with Gasteiger partial charge in [-0.1, -0.05) is 0 Å². The molecule has 1 nitrogen and oxygen atoms in total. The molecule has 0 heterocycles. The Hall–Kier alpha value is 0.890. The van der Waals surface area contributed by atoms with Crippen molar-refractivity contribution >= 4 is 0 Å². The molecule has 0 saturated heterocycles. The van der Waals surface area contributed by atoms with E-state index in [-0.39, 0.29) is 34.3 Å². The minimum Gasteiger partial charge on any atom is -1.00 e. The molecule has 0 aromatic carbocycles. The molecule has 3 heteroatoms. The van der Waals surface area contributed by atoms with E-state index in [2.05, 4.69) is 0 Å². The van der Waals surface area contributed by atoms with Crippen LogP contribution in [0.5, 0.6) is 0 Å². The number of aliphatic hydroxyl groups is 1. The number of halogens is 1. The van der Waals surface area contributed by atoms with Crippen molar-refractivity contribution < 1.29 is 39.4 Å². The zero-order chi connectivity index (χ0) is 4.50. The van der Waals surface area contributed by atoms with Gasteiger partial charge in [-0.25, -0.2) is 0 Å². The number of hydrogen-bond donors (Lipinski definition) is 1. The summed E-state index contributed by atoms with van der Waals surface area (Å²) in [7, 11) is 0. The van der Waals surface area contributed by atoms with E-state index in [1.165, 1.54) is 0 Å². The van der Waals surface area contributed by atoms with Gasteiger partial charge >= 0.3 is 29.6 Å². The van der Waals surface area contributed by atoms with Gasteiger partial charge in [0.1, 0.15) is 0 Å². The van der Waals surface area contributed by atoms with Crippen LogP contribution < -0.4 is 34.3 Å². The first-order valence-corrected chi connectivity index (χ1v) is 1.72. The molecule has 0 atom stereocenters. The fourth-order valence-electron chi connectivity index (χ4n) is 0. The van der Waals surface area contributed by atoms with Crippen LogP contribution >= 0.6 is 0 Å². The molecule has 0 aliphatic heterocycles. The van der Waals surface area contributed by atoms with Crippen LogP contribution in [-0.4, -0.2) is 10.7 Å². The molecule has 40 valence electrons. The van der Waals surface area contributed by atoms with E-state index in [0.717, 1.165) is 0 Å². The first kappa shape index (κ1) is 15.7. The van der Waals surface area contributed by atoms with E-state index in [1.807, 2.05) is 0 Å². The summed E-state index contributed by atoms with van der Waals surface area (Å²) in [5, 5.41) is 8.52. The summed E-state index contributed by atoms with van der Waals surface area (Å²) in [4.78, 5) is 0. The van der Waals surface area contributed by atoms with Crippen LogP contribution in [0.3, 0.4) is 0 Å². The minimum atomic E-state index is -0.500. The van der Waals surface area contributed by atoms with Gasteiger partial charge < -0.3 is 9.81 Å². The molecule has 7 heavy (non-hydrogen) atoms. The van der Waals surface area contributed by atoms with E-state index in [4.69, 9.17) is 5.11 Å². The molecule has 0 amide bonds. The fourth-order valence-corrected chi connectivity index (χ4v) is 0. The van der Waals surface area contributed by atoms with Crippen molar-refractivity contribution in [2.45, 2.75) is 26.4 Å². The molecule has 0 rings (SSSR count). The Morgan fingerprint density at radius 3 is 1.14 bits per heavy atom. The molecular weight excluding hydrogens is 106 g/mol. The van der Waals surface area contributed by atoms with Gasteiger partial charge in [0.2, 0.25) is 0 Å². The first-order chi connectivity index (χ1) is 2.00. The molecule has 0 aromatic heterocycles. The Labute approximate surface area is 65.8 Å². The smallest absolute Gasteiger partial charge is 1.00 e. The summed E-state index contributed by atoms with van der Waals surface area (Å²) in [5.41, 5.74) is -0.500. The predicted molar refractivity (Wildman–Crippen MR) is 22.0 cm³/mol.